The summed E-state index contributed by atoms with van der Waals surface area (Å²) in [5.74, 6) is -0.303. The average Bonchev–Trinajstić information content (AvgIpc) is 3.05. The molecule has 0 unspecified atom stereocenters. The van der Waals surface area contributed by atoms with Crippen molar-refractivity contribution in [1.29, 1.82) is 0 Å². The van der Waals surface area contributed by atoms with E-state index in [1.807, 2.05) is 0 Å². The fourth-order valence-electron chi connectivity index (χ4n) is 2.78. The number of benzene rings is 1. The Kier molecular flexibility index (Phi) is 5.56. The zero-order chi connectivity index (χ0) is 21.3. The molecule has 0 fully saturated rings. The molecule has 0 aliphatic rings. The number of nitrogen functional groups attached to an aromatic ring is 1. The van der Waals surface area contributed by atoms with Crippen LogP contribution in [0.25, 0.3) is 5.52 Å². The molecule has 7 nitrogen and oxygen atoms in total. The maximum absolute atomic E-state index is 13.1. The van der Waals surface area contributed by atoms with Crippen molar-refractivity contribution >= 4 is 34.6 Å². The lowest BCUT2D eigenvalue weighted by molar-refractivity contribution is -0.137. The van der Waals surface area contributed by atoms with Gasteiger partial charge in [0.05, 0.1) is 23.8 Å². The molecule has 29 heavy (non-hydrogen) atoms. The molecule has 0 radical (unpaired) electrons. The summed E-state index contributed by atoms with van der Waals surface area (Å²) < 4.78 is 45.5. The first-order valence-electron chi connectivity index (χ1n) is 8.55. The van der Waals surface area contributed by atoms with E-state index in [-0.39, 0.29) is 29.0 Å². The third-order valence-corrected chi connectivity index (χ3v) is 4.27. The zero-order valence-electron chi connectivity index (χ0n) is 15.4. The van der Waals surface area contributed by atoms with Crippen molar-refractivity contribution in [3.8, 4) is 0 Å². The van der Waals surface area contributed by atoms with Crippen LogP contribution in [0.4, 0.5) is 24.7 Å². The number of alkyl halides is 3. The Morgan fingerprint density at radius 3 is 2.72 bits per heavy atom. The number of carbonyl (C=O) groups is 1. The topological polar surface area (TPSA) is 94.5 Å². The molecule has 2 aromatic heterocycles. The van der Waals surface area contributed by atoms with Gasteiger partial charge in [-0.1, -0.05) is 0 Å². The molecule has 0 saturated carbocycles. The van der Waals surface area contributed by atoms with Gasteiger partial charge in [0.2, 0.25) is 5.28 Å². The second-order valence-corrected chi connectivity index (χ2v) is 6.60. The minimum absolute atomic E-state index is 0.0124. The van der Waals surface area contributed by atoms with Crippen molar-refractivity contribution < 1.29 is 22.7 Å². The molecule has 3 aromatic rings. The summed E-state index contributed by atoms with van der Waals surface area (Å²) >= 11 is 5.95. The van der Waals surface area contributed by atoms with Crippen molar-refractivity contribution in [2.75, 3.05) is 17.7 Å². The number of nitrogens with one attached hydrogen (secondary N) is 1. The van der Waals surface area contributed by atoms with Gasteiger partial charge in [0.1, 0.15) is 5.52 Å². The highest BCUT2D eigenvalue weighted by atomic mass is 35.5. The van der Waals surface area contributed by atoms with E-state index in [0.29, 0.717) is 11.1 Å². The van der Waals surface area contributed by atoms with E-state index < -0.39 is 23.8 Å². The van der Waals surface area contributed by atoms with Crippen LogP contribution in [0.15, 0.2) is 30.5 Å². The second-order valence-electron chi connectivity index (χ2n) is 6.26. The molecule has 1 aromatic carbocycles. The molecule has 3 rings (SSSR count). The Balaban J connectivity index is 1.97. The number of hydrogen-bond donors (Lipinski definition) is 2. The number of fused-ring (bicyclic) bond motifs is 1. The molecule has 154 valence electrons. The average molecular weight is 428 g/mol. The number of halogens is 4. The molecular formula is C18H17ClF3N5O2. The van der Waals surface area contributed by atoms with Crippen molar-refractivity contribution in [3.05, 3.63) is 52.4 Å². The third-order valence-electron chi connectivity index (χ3n) is 4.11. The van der Waals surface area contributed by atoms with Gasteiger partial charge in [0.15, 0.2) is 5.82 Å². The van der Waals surface area contributed by atoms with Gasteiger partial charge in [-0.3, -0.25) is 0 Å². The highest BCUT2D eigenvalue weighted by Crippen LogP contribution is 2.33. The minimum Gasteiger partial charge on any atom is -0.462 e. The molecule has 0 aliphatic carbocycles. The van der Waals surface area contributed by atoms with Crippen molar-refractivity contribution in [1.82, 2.24) is 14.6 Å². The molecule has 3 N–H and O–H groups in total. The number of carbonyl (C=O) groups excluding carboxylic acids is 1. The Bertz CT molecular complexity index is 1070. The summed E-state index contributed by atoms with van der Waals surface area (Å²) in [5.41, 5.74) is 5.73. The Hall–Kier alpha value is -3.01. The Morgan fingerprint density at radius 2 is 2.07 bits per heavy atom. The number of anilines is 2. The van der Waals surface area contributed by atoms with Crippen LogP contribution in [0, 0.1) is 0 Å². The summed E-state index contributed by atoms with van der Waals surface area (Å²) in [6, 6.07) is 4.22. The lowest BCUT2D eigenvalue weighted by Gasteiger charge is -2.18. The maximum Gasteiger partial charge on any atom is 0.416 e. The van der Waals surface area contributed by atoms with Crippen molar-refractivity contribution in [3.63, 3.8) is 0 Å². The van der Waals surface area contributed by atoms with Crippen LogP contribution < -0.4 is 11.1 Å². The number of aromatic nitrogens is 3. The largest absolute Gasteiger partial charge is 0.462 e. The molecular weight excluding hydrogens is 411 g/mol. The monoisotopic (exact) mass is 427 g/mol. The lowest BCUT2D eigenvalue weighted by atomic mass is 10.0. The molecule has 0 amide bonds. The van der Waals surface area contributed by atoms with E-state index in [1.54, 1.807) is 13.8 Å². The summed E-state index contributed by atoms with van der Waals surface area (Å²) in [6.45, 7) is 3.53. The maximum atomic E-state index is 13.1. The standard InChI is InChI=1S/C18H17ClF3N5O2/c1-3-29-16(28)11-6-14-15(25-17(19)26-27(14)8-11)24-9(2)10-4-12(18(20,21)22)7-13(23)5-10/h4-9H,3,23H2,1-2H3,(H,24,25,26)/t9-/m1/s1. The minimum atomic E-state index is -4.52. The highest BCUT2D eigenvalue weighted by Gasteiger charge is 2.31. The molecule has 0 spiro atoms. The number of esters is 1. The number of ether oxygens (including phenoxy) is 1. The normalized spacial score (nSPS) is 12.8. The number of rotatable bonds is 5. The SMILES string of the molecule is CCOC(=O)c1cc2c(N[C@H](C)c3cc(N)cc(C(F)(F)F)c3)nc(Cl)nn2c1. The van der Waals surface area contributed by atoms with Gasteiger partial charge < -0.3 is 15.8 Å². The van der Waals surface area contributed by atoms with Gasteiger partial charge in [-0.15, -0.1) is 5.10 Å². The fourth-order valence-corrected chi connectivity index (χ4v) is 2.95. The molecule has 0 saturated heterocycles. The highest BCUT2D eigenvalue weighted by molar-refractivity contribution is 6.28. The van der Waals surface area contributed by atoms with Crippen LogP contribution in [0.2, 0.25) is 5.28 Å². The van der Waals surface area contributed by atoms with Crippen LogP contribution in [0.3, 0.4) is 0 Å². The summed E-state index contributed by atoms with van der Waals surface area (Å²) in [4.78, 5) is 16.1. The third kappa shape index (κ3) is 4.53. The van der Waals surface area contributed by atoms with Gasteiger partial charge in [-0.2, -0.15) is 18.2 Å². The van der Waals surface area contributed by atoms with Crippen LogP contribution in [-0.4, -0.2) is 27.2 Å². The number of nitrogens with two attached hydrogens (primary N) is 1. The molecule has 0 bridgehead atoms. The van der Waals surface area contributed by atoms with E-state index >= 15 is 0 Å². The first-order chi connectivity index (χ1) is 13.6. The van der Waals surface area contributed by atoms with E-state index in [2.05, 4.69) is 15.4 Å². The molecule has 1 atom stereocenters. The van der Waals surface area contributed by atoms with E-state index in [4.69, 9.17) is 22.1 Å². The summed E-state index contributed by atoms with van der Waals surface area (Å²) in [6.07, 6.45) is -3.09. The first-order valence-corrected chi connectivity index (χ1v) is 8.93. The zero-order valence-corrected chi connectivity index (χ0v) is 16.2. The predicted octanol–water partition coefficient (Wildman–Crippen LogP) is 4.33. The van der Waals surface area contributed by atoms with Gasteiger partial charge >= 0.3 is 12.1 Å². The molecule has 0 aliphatic heterocycles. The van der Waals surface area contributed by atoms with Crippen LogP contribution >= 0.6 is 11.6 Å². The first kappa shape index (κ1) is 20.7. The smallest absolute Gasteiger partial charge is 0.416 e. The van der Waals surface area contributed by atoms with Crippen molar-refractivity contribution in [2.24, 2.45) is 0 Å². The van der Waals surface area contributed by atoms with Gasteiger partial charge in [0.25, 0.3) is 0 Å². The quantitative estimate of drug-likeness (QED) is 0.465. The summed E-state index contributed by atoms with van der Waals surface area (Å²) in [7, 11) is 0. The molecule has 11 heteroatoms. The number of hydrogen-bond acceptors (Lipinski definition) is 6. The lowest BCUT2D eigenvalue weighted by Crippen LogP contribution is -2.13. The Morgan fingerprint density at radius 1 is 1.34 bits per heavy atom. The van der Waals surface area contributed by atoms with Gasteiger partial charge in [0, 0.05) is 11.9 Å². The predicted molar refractivity (Wildman–Crippen MR) is 102 cm³/mol. The van der Waals surface area contributed by atoms with E-state index in [0.717, 1.165) is 12.1 Å². The fraction of sp³-hybridized carbons (Fsp3) is 0.278. The van der Waals surface area contributed by atoms with Crippen LogP contribution in [0.1, 0.15) is 41.4 Å². The second kappa shape index (κ2) is 7.78. The number of nitrogens with zero attached hydrogens (tertiary/aromatic N) is 3. The van der Waals surface area contributed by atoms with Crippen LogP contribution in [-0.2, 0) is 10.9 Å². The molecule has 2 heterocycles. The Labute approximate surface area is 168 Å². The van der Waals surface area contributed by atoms with Gasteiger partial charge in [-0.25, -0.2) is 9.31 Å². The van der Waals surface area contributed by atoms with Crippen molar-refractivity contribution in [2.45, 2.75) is 26.1 Å². The van der Waals surface area contributed by atoms with Gasteiger partial charge in [-0.05, 0) is 55.3 Å². The van der Waals surface area contributed by atoms with Crippen LogP contribution in [0.5, 0.6) is 0 Å². The summed E-state index contributed by atoms with van der Waals surface area (Å²) in [5, 5.41) is 6.89. The van der Waals surface area contributed by atoms with E-state index in [1.165, 1.54) is 22.8 Å². The van der Waals surface area contributed by atoms with E-state index in [9.17, 15) is 18.0 Å².